The molecule has 33 heteroatoms. The van der Waals surface area contributed by atoms with E-state index in [1.807, 2.05) is 0 Å². The maximum atomic E-state index is 13.7. The van der Waals surface area contributed by atoms with E-state index in [9.17, 15) is 79.4 Å². The maximum Gasteiger partial charge on any atom is 0.472 e. The van der Waals surface area contributed by atoms with Gasteiger partial charge >= 0.3 is 7.82 Å². The lowest BCUT2D eigenvalue weighted by Crippen LogP contribution is -2.59. The molecule has 3 saturated heterocycles. The number of amides is 5. The lowest BCUT2D eigenvalue weighted by Gasteiger charge is -2.40. The van der Waals surface area contributed by atoms with Gasteiger partial charge in [0.25, 0.3) is 0 Å². The maximum absolute atomic E-state index is 13.7. The summed E-state index contributed by atoms with van der Waals surface area (Å²) in [4.78, 5) is 75.1. The van der Waals surface area contributed by atoms with Crippen molar-refractivity contribution in [1.29, 1.82) is 0 Å². The molecule has 496 valence electrons. The summed E-state index contributed by atoms with van der Waals surface area (Å²) in [5.74, 6) is -4.67. The zero-order valence-electron chi connectivity index (χ0n) is 49.3. The van der Waals surface area contributed by atoms with Gasteiger partial charge in [0, 0.05) is 63.2 Å². The summed E-state index contributed by atoms with van der Waals surface area (Å²) in [6.45, 7) is 5.08. The van der Waals surface area contributed by atoms with E-state index in [4.69, 9.17) is 51.7 Å². The predicted molar refractivity (Wildman–Crippen MR) is 293 cm³/mol. The number of hydrogen-bond acceptors (Lipinski definition) is 26. The number of phosphoric acid groups is 1. The van der Waals surface area contributed by atoms with Crippen LogP contribution in [-0.4, -0.2) is 278 Å². The van der Waals surface area contributed by atoms with E-state index in [2.05, 4.69) is 26.6 Å². The smallest absolute Gasteiger partial charge is 0.394 e. The summed E-state index contributed by atoms with van der Waals surface area (Å²) in [5.41, 5.74) is -1.62. The first-order chi connectivity index (χ1) is 40.4. The largest absolute Gasteiger partial charge is 0.472 e. The minimum atomic E-state index is -4.33. The number of nitrogens with one attached hydrogen (secondary N) is 5. The molecule has 0 bridgehead atoms. The highest BCUT2D eigenvalue weighted by molar-refractivity contribution is 7.47. The van der Waals surface area contributed by atoms with Gasteiger partial charge in [0.05, 0.1) is 110 Å². The van der Waals surface area contributed by atoms with Crippen molar-refractivity contribution in [2.75, 3.05) is 112 Å². The van der Waals surface area contributed by atoms with Crippen molar-refractivity contribution in [2.24, 2.45) is 17.8 Å². The van der Waals surface area contributed by atoms with Gasteiger partial charge in [0.15, 0.2) is 18.9 Å². The Kier molecular flexibility index (Phi) is 36.1. The average Bonchev–Trinajstić information content (AvgIpc) is 3.65. The number of aliphatic hydroxyl groups is 9. The van der Waals surface area contributed by atoms with E-state index >= 15 is 0 Å². The van der Waals surface area contributed by atoms with Crippen LogP contribution in [0.1, 0.15) is 86.0 Å². The molecule has 0 aliphatic carbocycles. The number of rotatable bonds is 43. The molecule has 3 rings (SSSR count). The van der Waals surface area contributed by atoms with Crippen molar-refractivity contribution in [1.82, 2.24) is 26.6 Å². The molecule has 16 atom stereocenters. The second-order valence-corrected chi connectivity index (χ2v) is 22.9. The molecule has 3 aliphatic heterocycles. The summed E-state index contributed by atoms with van der Waals surface area (Å²) >= 11 is 0. The fourth-order valence-electron chi connectivity index (χ4n) is 8.85. The lowest BCUT2D eigenvalue weighted by molar-refractivity contribution is -0.282. The predicted octanol–water partition coefficient (Wildman–Crippen LogP) is -4.71. The number of ether oxygens (including phenoxy) is 9. The summed E-state index contributed by atoms with van der Waals surface area (Å²) in [5, 5.41) is 103. The van der Waals surface area contributed by atoms with Crippen LogP contribution in [0.2, 0.25) is 0 Å². The first-order valence-corrected chi connectivity index (χ1v) is 30.4. The van der Waals surface area contributed by atoms with Crippen LogP contribution in [0.3, 0.4) is 0 Å². The Bertz CT molecular complexity index is 1820. The van der Waals surface area contributed by atoms with Crippen molar-refractivity contribution in [3.8, 4) is 0 Å². The molecule has 0 aromatic rings. The van der Waals surface area contributed by atoms with Crippen molar-refractivity contribution in [2.45, 2.75) is 171 Å². The minimum absolute atomic E-state index is 0.0511. The Labute approximate surface area is 495 Å². The number of carbonyl (C=O) groups excluding carboxylic acids is 5. The molecule has 7 unspecified atom stereocenters. The van der Waals surface area contributed by atoms with Gasteiger partial charge in [-0.25, -0.2) is 4.57 Å². The van der Waals surface area contributed by atoms with E-state index in [0.29, 0.717) is 19.3 Å². The van der Waals surface area contributed by atoms with Crippen LogP contribution in [0.5, 0.6) is 0 Å². The van der Waals surface area contributed by atoms with Gasteiger partial charge in [-0.2, -0.15) is 0 Å². The SMILES string of the molecule is CC(C)OP(=O)(O)OCCCNC(=O)CC(=O)NC(COCCC(=O)NCCCO[C@@H]1OC(CO)[C@H](O)[C@H](O)C1C)(COCCC(=O)NCCCO[C@@H]1OC(CO)[C@H](O)[C@H](O)C1C)COCCC(=O)NCCCO[C@@H]1OC(CO)[C@H](O)[C@H](O)C1C. The molecule has 15 N–H and O–H groups in total. The van der Waals surface area contributed by atoms with Gasteiger partial charge in [0.2, 0.25) is 29.5 Å². The zero-order valence-corrected chi connectivity index (χ0v) is 50.2. The third-order valence-corrected chi connectivity index (χ3v) is 15.1. The average molecular weight is 1250 g/mol. The second kappa shape index (κ2) is 40.4. The monoisotopic (exact) mass is 1250 g/mol. The topological polar surface area (TPSA) is 466 Å². The highest BCUT2D eigenvalue weighted by Crippen LogP contribution is 2.44. The highest BCUT2D eigenvalue weighted by atomic mass is 31.2. The van der Waals surface area contributed by atoms with Gasteiger partial charge in [-0.05, 0) is 39.5 Å². The first kappa shape index (κ1) is 76.0. The van der Waals surface area contributed by atoms with Gasteiger partial charge < -0.3 is 120 Å². The third kappa shape index (κ3) is 28.0. The number of carbonyl (C=O) groups is 5. The van der Waals surface area contributed by atoms with Gasteiger partial charge in [0.1, 0.15) is 48.6 Å². The fourth-order valence-corrected chi connectivity index (χ4v) is 9.80. The van der Waals surface area contributed by atoms with E-state index in [0.717, 1.165) is 0 Å². The molecule has 0 aromatic carbocycles. The Hall–Kier alpha value is -3.26. The first-order valence-electron chi connectivity index (χ1n) is 28.9. The summed E-state index contributed by atoms with van der Waals surface area (Å²) in [7, 11) is -4.33. The quantitative estimate of drug-likeness (QED) is 0.0155. The standard InChI is InChI=1S/C52H96N5O27P/c1-31(2)84-85(72,73)80-20-9-16-56-41(64)24-42(65)57-52(28-74-21-10-38(61)53-13-6-17-77-49-32(3)43(66)46(69)35(25-58)81-49,29-75-22-11-39(62)54-14-7-18-78-50-33(4)44(67)47(70)36(26-59)82-50)30-76-23-12-40(63)55-15-8-19-79-51-34(5)45(68)48(71)37(27-60)83-51/h31-37,43-51,58-60,66-71H,6-30H2,1-5H3,(H,53,61)(H,54,62)(H,55,63)(H,56,64)(H,57,65)(H,72,73)/t32?,33?,34?,35?,36?,37?,43-,44-,45-,46+,47+,48+,49-,50-,51-,52?/m1/s1. The lowest BCUT2D eigenvalue weighted by atomic mass is 9.92. The molecule has 0 saturated carbocycles. The fraction of sp³-hybridized carbons (Fsp3) is 0.904. The van der Waals surface area contributed by atoms with Crippen molar-refractivity contribution >= 4 is 37.4 Å². The van der Waals surface area contributed by atoms with Crippen LogP contribution in [0, 0.1) is 17.8 Å². The molecule has 0 spiro atoms. The van der Waals surface area contributed by atoms with Crippen molar-refractivity contribution < 1.29 is 131 Å². The van der Waals surface area contributed by atoms with Crippen LogP contribution in [-0.2, 0) is 80.2 Å². The van der Waals surface area contributed by atoms with Crippen LogP contribution < -0.4 is 26.6 Å². The molecule has 0 aromatic heterocycles. The number of phosphoric ester groups is 1. The van der Waals surface area contributed by atoms with E-state index in [-0.39, 0.29) is 118 Å². The summed E-state index contributed by atoms with van der Waals surface area (Å²) in [6, 6.07) is 0. The molecule has 32 nitrogen and oxygen atoms in total. The number of aliphatic hydroxyl groups excluding tert-OH is 9. The Morgan fingerprint density at radius 1 is 0.482 bits per heavy atom. The number of hydrogen-bond donors (Lipinski definition) is 15. The molecule has 5 amide bonds. The van der Waals surface area contributed by atoms with E-state index in [1.54, 1.807) is 34.6 Å². The Morgan fingerprint density at radius 2 is 0.800 bits per heavy atom. The minimum Gasteiger partial charge on any atom is -0.394 e. The van der Waals surface area contributed by atoms with Crippen LogP contribution in [0.4, 0.5) is 0 Å². The van der Waals surface area contributed by atoms with Gasteiger partial charge in [-0.15, -0.1) is 0 Å². The molecule has 0 radical (unpaired) electrons. The molecule has 3 fully saturated rings. The van der Waals surface area contributed by atoms with E-state index < -0.39 is 167 Å². The molecular weight excluding hydrogens is 1160 g/mol. The molecule has 3 heterocycles. The van der Waals surface area contributed by atoms with Gasteiger partial charge in [-0.3, -0.25) is 33.0 Å². The van der Waals surface area contributed by atoms with Crippen LogP contribution in [0.15, 0.2) is 0 Å². The van der Waals surface area contributed by atoms with Crippen LogP contribution in [0.25, 0.3) is 0 Å². The highest BCUT2D eigenvalue weighted by Gasteiger charge is 2.45. The molecule has 3 aliphatic rings. The third-order valence-electron chi connectivity index (χ3n) is 13.9. The Morgan fingerprint density at radius 3 is 1.12 bits per heavy atom. The zero-order chi connectivity index (χ0) is 63.1. The second-order valence-electron chi connectivity index (χ2n) is 21.5. The molecule has 85 heavy (non-hydrogen) atoms. The Balaban J connectivity index is 1.63. The van der Waals surface area contributed by atoms with Gasteiger partial charge in [-0.1, -0.05) is 20.8 Å². The van der Waals surface area contributed by atoms with Crippen LogP contribution >= 0.6 is 7.82 Å². The van der Waals surface area contributed by atoms with Crippen molar-refractivity contribution in [3.63, 3.8) is 0 Å². The summed E-state index contributed by atoms with van der Waals surface area (Å²) < 4.78 is 73.4. The van der Waals surface area contributed by atoms with Crippen molar-refractivity contribution in [3.05, 3.63) is 0 Å². The van der Waals surface area contributed by atoms with E-state index in [1.165, 1.54) is 0 Å². The summed E-state index contributed by atoms with van der Waals surface area (Å²) in [6.07, 6.45) is -14.1. The normalized spacial score (nSPS) is 29.3. The molecular formula is C52H96N5O27P.